The second kappa shape index (κ2) is 4.95. The quantitative estimate of drug-likeness (QED) is 0.731. The van der Waals surface area contributed by atoms with Gasteiger partial charge in [-0.05, 0) is 0 Å². The van der Waals surface area contributed by atoms with Gasteiger partial charge in [0.05, 0.1) is 6.54 Å². The van der Waals surface area contributed by atoms with Crippen LogP contribution in [0.4, 0.5) is 22.0 Å². The van der Waals surface area contributed by atoms with E-state index in [1.165, 1.54) is 13.8 Å². The zero-order valence-corrected chi connectivity index (χ0v) is 7.90. The normalized spacial score (nSPS) is 12.9. The molecule has 0 aromatic heterocycles. The summed E-state index contributed by atoms with van der Waals surface area (Å²) in [4.78, 5) is 0. The summed E-state index contributed by atoms with van der Waals surface area (Å²) in [5.74, 6) is -4.64. The van der Waals surface area contributed by atoms with Crippen LogP contribution in [0.3, 0.4) is 0 Å². The number of hydrogen-bond acceptors (Lipinski definition) is 1. The summed E-state index contributed by atoms with van der Waals surface area (Å²) in [5.41, 5.74) is 0. The Hall–Kier alpha value is -0.100. The van der Waals surface area contributed by atoms with E-state index in [-0.39, 0.29) is 12.4 Å². The van der Waals surface area contributed by atoms with Crippen LogP contribution in [-0.2, 0) is 0 Å². The first-order chi connectivity index (χ1) is 5.17. The number of rotatable bonds is 3. The standard InChI is InChI=1S/C6H10F5N.ClH/c1-4(2)12-3-5(7,8)6(9,10)11;/h4,12H,3H2,1-2H3;1H. The molecule has 1 nitrogen and oxygen atoms in total. The molecule has 0 spiro atoms. The molecule has 0 aliphatic rings. The highest BCUT2D eigenvalue weighted by atomic mass is 35.5. The molecule has 7 heteroatoms. The molecular weight excluding hydrogens is 217 g/mol. The third kappa shape index (κ3) is 5.25. The Morgan fingerprint density at radius 1 is 1.08 bits per heavy atom. The lowest BCUT2D eigenvalue weighted by Crippen LogP contribution is -2.46. The van der Waals surface area contributed by atoms with Gasteiger partial charge in [0.15, 0.2) is 0 Å². The van der Waals surface area contributed by atoms with Crippen LogP contribution < -0.4 is 5.32 Å². The first-order valence-electron chi connectivity index (χ1n) is 3.35. The van der Waals surface area contributed by atoms with Crippen LogP contribution in [0.5, 0.6) is 0 Å². The number of hydrogen-bond donors (Lipinski definition) is 1. The Balaban J connectivity index is 0. The molecule has 13 heavy (non-hydrogen) atoms. The smallest absolute Gasteiger partial charge is 0.309 e. The fraction of sp³-hybridized carbons (Fsp3) is 1.00. The summed E-state index contributed by atoms with van der Waals surface area (Å²) in [7, 11) is 0. The molecule has 0 heterocycles. The van der Waals surface area contributed by atoms with Crippen LogP contribution in [0.1, 0.15) is 13.8 Å². The molecular formula is C6H11ClF5N. The summed E-state index contributed by atoms with van der Waals surface area (Å²) < 4.78 is 58.7. The summed E-state index contributed by atoms with van der Waals surface area (Å²) >= 11 is 0. The van der Waals surface area contributed by atoms with E-state index >= 15 is 0 Å². The predicted molar refractivity (Wildman–Crippen MR) is 41.4 cm³/mol. The van der Waals surface area contributed by atoms with Crippen molar-refractivity contribution in [3.05, 3.63) is 0 Å². The second-order valence-electron chi connectivity index (χ2n) is 2.74. The second-order valence-corrected chi connectivity index (χ2v) is 2.74. The van der Waals surface area contributed by atoms with E-state index in [1.54, 1.807) is 0 Å². The van der Waals surface area contributed by atoms with Crippen molar-refractivity contribution in [2.75, 3.05) is 6.54 Å². The van der Waals surface area contributed by atoms with Crippen molar-refractivity contribution >= 4 is 12.4 Å². The lowest BCUT2D eigenvalue weighted by molar-refractivity contribution is -0.279. The molecule has 0 radical (unpaired) electrons. The number of nitrogens with one attached hydrogen (secondary N) is 1. The van der Waals surface area contributed by atoms with E-state index in [0.29, 0.717) is 0 Å². The van der Waals surface area contributed by atoms with Gasteiger partial charge >= 0.3 is 12.1 Å². The van der Waals surface area contributed by atoms with Gasteiger partial charge in [0, 0.05) is 6.04 Å². The van der Waals surface area contributed by atoms with Crippen LogP contribution in [0, 0.1) is 0 Å². The maximum absolute atomic E-state index is 12.1. The van der Waals surface area contributed by atoms with Gasteiger partial charge < -0.3 is 5.32 Å². The monoisotopic (exact) mass is 227 g/mol. The summed E-state index contributed by atoms with van der Waals surface area (Å²) in [5, 5.41) is 2.02. The average molecular weight is 228 g/mol. The highest BCUT2D eigenvalue weighted by molar-refractivity contribution is 5.85. The first kappa shape index (κ1) is 15.4. The van der Waals surface area contributed by atoms with Crippen molar-refractivity contribution in [1.29, 1.82) is 0 Å². The van der Waals surface area contributed by atoms with Crippen LogP contribution in [-0.4, -0.2) is 24.7 Å². The molecule has 1 N–H and O–H groups in total. The predicted octanol–water partition coefficient (Wildman–Crippen LogP) is 2.60. The Morgan fingerprint density at radius 3 is 1.69 bits per heavy atom. The third-order valence-corrected chi connectivity index (χ3v) is 1.15. The van der Waals surface area contributed by atoms with Crippen molar-refractivity contribution in [2.24, 2.45) is 0 Å². The Labute approximate surface area is 79.1 Å². The first-order valence-corrected chi connectivity index (χ1v) is 3.35. The molecule has 0 aliphatic heterocycles. The molecule has 0 unspecified atom stereocenters. The lowest BCUT2D eigenvalue weighted by atomic mass is 10.3. The van der Waals surface area contributed by atoms with E-state index in [0.717, 1.165) is 0 Å². The van der Waals surface area contributed by atoms with Crippen molar-refractivity contribution < 1.29 is 22.0 Å². The van der Waals surface area contributed by atoms with Crippen LogP contribution in [0.15, 0.2) is 0 Å². The Bertz CT molecular complexity index is 144. The molecule has 0 bridgehead atoms. The van der Waals surface area contributed by atoms with Gasteiger partial charge in [0.1, 0.15) is 0 Å². The molecule has 0 saturated heterocycles. The molecule has 0 fully saturated rings. The van der Waals surface area contributed by atoms with Gasteiger partial charge in [-0.3, -0.25) is 0 Å². The van der Waals surface area contributed by atoms with Gasteiger partial charge in [-0.15, -0.1) is 12.4 Å². The molecule has 0 atom stereocenters. The van der Waals surface area contributed by atoms with E-state index in [4.69, 9.17) is 0 Å². The fourth-order valence-electron chi connectivity index (χ4n) is 0.433. The molecule has 82 valence electrons. The van der Waals surface area contributed by atoms with Gasteiger partial charge in [0.2, 0.25) is 0 Å². The van der Waals surface area contributed by atoms with E-state index in [9.17, 15) is 22.0 Å². The maximum Gasteiger partial charge on any atom is 0.454 e. The molecule has 0 aliphatic carbocycles. The van der Waals surface area contributed by atoms with Crippen molar-refractivity contribution in [3.8, 4) is 0 Å². The van der Waals surface area contributed by atoms with E-state index in [2.05, 4.69) is 0 Å². The zero-order chi connectivity index (χ0) is 9.99. The maximum atomic E-state index is 12.1. The van der Waals surface area contributed by atoms with Crippen LogP contribution in [0.2, 0.25) is 0 Å². The Morgan fingerprint density at radius 2 is 1.46 bits per heavy atom. The van der Waals surface area contributed by atoms with Crippen LogP contribution >= 0.6 is 12.4 Å². The third-order valence-electron chi connectivity index (χ3n) is 1.15. The summed E-state index contributed by atoms with van der Waals surface area (Å²) in [6.45, 7) is 1.62. The van der Waals surface area contributed by atoms with Gasteiger partial charge in [-0.2, -0.15) is 22.0 Å². The minimum Gasteiger partial charge on any atom is -0.309 e. The Kier molecular flexibility index (Phi) is 5.85. The highest BCUT2D eigenvalue weighted by Crippen LogP contribution is 2.34. The highest BCUT2D eigenvalue weighted by Gasteiger charge is 2.56. The SMILES string of the molecule is CC(C)NCC(F)(F)C(F)(F)F.Cl. The minimum absolute atomic E-state index is 0. The van der Waals surface area contributed by atoms with E-state index < -0.39 is 24.7 Å². The van der Waals surface area contributed by atoms with Crippen molar-refractivity contribution in [2.45, 2.75) is 32.0 Å². The van der Waals surface area contributed by atoms with Crippen LogP contribution in [0.25, 0.3) is 0 Å². The van der Waals surface area contributed by atoms with Crippen molar-refractivity contribution in [1.82, 2.24) is 5.32 Å². The summed E-state index contributed by atoms with van der Waals surface area (Å²) in [6.07, 6.45) is -5.46. The molecule has 0 saturated carbocycles. The fourth-order valence-corrected chi connectivity index (χ4v) is 0.433. The summed E-state index contributed by atoms with van der Waals surface area (Å²) in [6, 6.07) is -0.391. The molecule has 0 amide bonds. The molecule has 0 aromatic carbocycles. The largest absolute Gasteiger partial charge is 0.454 e. The lowest BCUT2D eigenvalue weighted by Gasteiger charge is -2.20. The van der Waals surface area contributed by atoms with Gasteiger partial charge in [0.25, 0.3) is 0 Å². The average Bonchev–Trinajstić information content (AvgIpc) is 1.81. The molecule has 0 rings (SSSR count). The number of halogens is 6. The van der Waals surface area contributed by atoms with Crippen molar-refractivity contribution in [3.63, 3.8) is 0 Å². The topological polar surface area (TPSA) is 12.0 Å². The van der Waals surface area contributed by atoms with Gasteiger partial charge in [-0.1, -0.05) is 13.8 Å². The van der Waals surface area contributed by atoms with Gasteiger partial charge in [-0.25, -0.2) is 0 Å². The number of alkyl halides is 5. The van der Waals surface area contributed by atoms with E-state index in [1.807, 2.05) is 5.32 Å². The minimum atomic E-state index is -5.46. The molecule has 0 aromatic rings. The zero-order valence-electron chi connectivity index (χ0n) is 7.08.